The van der Waals surface area contributed by atoms with Crippen molar-refractivity contribution >= 4 is 17.3 Å². The first kappa shape index (κ1) is 15.3. The van der Waals surface area contributed by atoms with Crippen LogP contribution in [0.2, 0.25) is 0 Å². The summed E-state index contributed by atoms with van der Waals surface area (Å²) in [6, 6.07) is 5.34. The number of benzene rings is 1. The summed E-state index contributed by atoms with van der Waals surface area (Å²) in [4.78, 5) is 11.7. The summed E-state index contributed by atoms with van der Waals surface area (Å²) in [7, 11) is 0. The Morgan fingerprint density at radius 1 is 1.37 bits per heavy atom. The average molecular weight is 263 g/mol. The fraction of sp³-hybridized carbons (Fsp3) is 0.533. The Labute approximate surface area is 115 Å². The lowest BCUT2D eigenvalue weighted by atomic mass is 10.1. The van der Waals surface area contributed by atoms with Crippen molar-refractivity contribution in [2.75, 3.05) is 24.1 Å². The number of rotatable bonds is 7. The molecule has 0 bridgehead atoms. The van der Waals surface area contributed by atoms with Crippen molar-refractivity contribution in [3.8, 4) is 0 Å². The summed E-state index contributed by atoms with van der Waals surface area (Å²) in [6.07, 6.45) is 2.28. The number of anilines is 2. The summed E-state index contributed by atoms with van der Waals surface area (Å²) in [6.45, 7) is 7.83. The van der Waals surface area contributed by atoms with Crippen LogP contribution in [0.25, 0.3) is 0 Å². The van der Waals surface area contributed by atoms with Crippen molar-refractivity contribution in [1.29, 1.82) is 0 Å². The number of nitrogens with two attached hydrogens (primary N) is 1. The topological polar surface area (TPSA) is 67.2 Å². The molecule has 106 valence electrons. The maximum absolute atomic E-state index is 11.7. The highest BCUT2D eigenvalue weighted by molar-refractivity contribution is 5.96. The number of amides is 1. The van der Waals surface area contributed by atoms with Gasteiger partial charge in [-0.3, -0.25) is 4.79 Å². The molecule has 0 aromatic heterocycles. The van der Waals surface area contributed by atoms with Crippen LogP contribution >= 0.6 is 0 Å². The zero-order chi connectivity index (χ0) is 14.3. The van der Waals surface area contributed by atoms with E-state index in [9.17, 15) is 4.79 Å². The van der Waals surface area contributed by atoms with Gasteiger partial charge < -0.3 is 16.4 Å². The van der Waals surface area contributed by atoms with Crippen LogP contribution in [0.4, 0.5) is 11.4 Å². The van der Waals surface area contributed by atoms with Gasteiger partial charge in [0.05, 0.1) is 11.4 Å². The Hall–Kier alpha value is -1.71. The van der Waals surface area contributed by atoms with E-state index in [1.165, 1.54) is 6.42 Å². The normalized spacial score (nSPS) is 10.5. The fourth-order valence-electron chi connectivity index (χ4n) is 1.85. The van der Waals surface area contributed by atoms with Gasteiger partial charge in [0.15, 0.2) is 0 Å². The van der Waals surface area contributed by atoms with Crippen LogP contribution in [0, 0.1) is 5.92 Å². The summed E-state index contributed by atoms with van der Waals surface area (Å²) >= 11 is 0. The third-order valence-electron chi connectivity index (χ3n) is 2.93. The number of hydrogen-bond acceptors (Lipinski definition) is 3. The molecule has 0 aliphatic rings. The molecule has 0 heterocycles. The number of nitrogen functional groups attached to an aromatic ring is 1. The molecule has 0 saturated carbocycles. The maximum atomic E-state index is 11.7. The molecule has 4 N–H and O–H groups in total. The molecule has 0 aliphatic heterocycles. The van der Waals surface area contributed by atoms with Gasteiger partial charge in [0.2, 0.25) is 0 Å². The molecule has 1 aromatic carbocycles. The van der Waals surface area contributed by atoms with Crippen molar-refractivity contribution in [3.05, 3.63) is 23.8 Å². The SMILES string of the molecule is CCNC(=O)c1ccc(N)c(NCCCC(C)C)c1. The van der Waals surface area contributed by atoms with Crippen LogP contribution in [0.1, 0.15) is 44.0 Å². The van der Waals surface area contributed by atoms with Gasteiger partial charge in [0.25, 0.3) is 5.91 Å². The molecule has 0 unspecified atom stereocenters. The van der Waals surface area contributed by atoms with Gasteiger partial charge in [-0.15, -0.1) is 0 Å². The molecule has 4 nitrogen and oxygen atoms in total. The van der Waals surface area contributed by atoms with Crippen LogP contribution in [0.5, 0.6) is 0 Å². The van der Waals surface area contributed by atoms with Crippen molar-refractivity contribution in [2.45, 2.75) is 33.6 Å². The van der Waals surface area contributed by atoms with E-state index in [0.29, 0.717) is 23.7 Å². The molecule has 0 radical (unpaired) electrons. The molecule has 0 atom stereocenters. The Bertz CT molecular complexity index is 416. The van der Waals surface area contributed by atoms with Gasteiger partial charge >= 0.3 is 0 Å². The fourth-order valence-corrected chi connectivity index (χ4v) is 1.85. The van der Waals surface area contributed by atoms with Gasteiger partial charge in [0.1, 0.15) is 0 Å². The third-order valence-corrected chi connectivity index (χ3v) is 2.93. The molecular formula is C15H25N3O. The highest BCUT2D eigenvalue weighted by atomic mass is 16.1. The van der Waals surface area contributed by atoms with E-state index in [0.717, 1.165) is 18.7 Å². The molecule has 1 amide bonds. The second-order valence-electron chi connectivity index (χ2n) is 5.12. The molecule has 0 aliphatic carbocycles. The Morgan fingerprint density at radius 3 is 2.74 bits per heavy atom. The van der Waals surface area contributed by atoms with Crippen LogP contribution in [-0.2, 0) is 0 Å². The van der Waals surface area contributed by atoms with E-state index in [1.54, 1.807) is 12.1 Å². The van der Waals surface area contributed by atoms with Crippen LogP contribution < -0.4 is 16.4 Å². The second-order valence-corrected chi connectivity index (χ2v) is 5.12. The van der Waals surface area contributed by atoms with Gasteiger partial charge in [0, 0.05) is 18.7 Å². The number of hydrogen-bond donors (Lipinski definition) is 3. The lowest BCUT2D eigenvalue weighted by Gasteiger charge is -2.12. The van der Waals surface area contributed by atoms with E-state index in [2.05, 4.69) is 24.5 Å². The lowest BCUT2D eigenvalue weighted by molar-refractivity contribution is 0.0956. The highest BCUT2D eigenvalue weighted by Crippen LogP contribution is 2.20. The summed E-state index contributed by atoms with van der Waals surface area (Å²) in [5, 5.41) is 6.08. The van der Waals surface area contributed by atoms with Gasteiger partial charge in [-0.1, -0.05) is 13.8 Å². The Morgan fingerprint density at radius 2 is 2.11 bits per heavy atom. The molecule has 0 saturated heterocycles. The van der Waals surface area contributed by atoms with E-state index < -0.39 is 0 Å². The summed E-state index contributed by atoms with van der Waals surface area (Å²) in [5.41, 5.74) is 8.07. The third kappa shape index (κ3) is 5.20. The minimum atomic E-state index is -0.0623. The highest BCUT2D eigenvalue weighted by Gasteiger charge is 2.07. The van der Waals surface area contributed by atoms with Gasteiger partial charge in [-0.25, -0.2) is 0 Å². The lowest BCUT2D eigenvalue weighted by Crippen LogP contribution is -2.22. The largest absolute Gasteiger partial charge is 0.397 e. The van der Waals surface area contributed by atoms with Crippen molar-refractivity contribution < 1.29 is 4.79 Å². The second kappa shape index (κ2) is 7.67. The average Bonchev–Trinajstić information content (AvgIpc) is 2.36. The van der Waals surface area contributed by atoms with Crippen molar-refractivity contribution in [1.82, 2.24) is 5.32 Å². The standard InChI is InChI=1S/C15H25N3O/c1-4-17-15(19)12-7-8-13(16)14(10-12)18-9-5-6-11(2)3/h7-8,10-11,18H,4-6,9,16H2,1-3H3,(H,17,19). The van der Waals surface area contributed by atoms with E-state index in [1.807, 2.05) is 13.0 Å². The van der Waals surface area contributed by atoms with E-state index >= 15 is 0 Å². The molecule has 1 aromatic rings. The zero-order valence-corrected chi connectivity index (χ0v) is 12.1. The molecule has 0 spiro atoms. The number of nitrogens with one attached hydrogen (secondary N) is 2. The predicted molar refractivity (Wildman–Crippen MR) is 81.4 cm³/mol. The predicted octanol–water partition coefficient (Wildman–Crippen LogP) is 2.87. The number of carbonyl (C=O) groups excluding carboxylic acids is 1. The summed E-state index contributed by atoms with van der Waals surface area (Å²) in [5.74, 6) is 0.647. The molecule has 19 heavy (non-hydrogen) atoms. The van der Waals surface area contributed by atoms with Crippen molar-refractivity contribution in [3.63, 3.8) is 0 Å². The van der Waals surface area contributed by atoms with E-state index in [-0.39, 0.29) is 5.91 Å². The minimum absolute atomic E-state index is 0.0623. The first-order valence-electron chi connectivity index (χ1n) is 6.96. The Balaban J connectivity index is 2.61. The molecular weight excluding hydrogens is 238 g/mol. The Kier molecular flexibility index (Phi) is 6.19. The molecule has 1 rings (SSSR count). The summed E-state index contributed by atoms with van der Waals surface area (Å²) < 4.78 is 0. The van der Waals surface area contributed by atoms with Gasteiger partial charge in [-0.2, -0.15) is 0 Å². The van der Waals surface area contributed by atoms with Crippen LogP contribution in [0.3, 0.4) is 0 Å². The van der Waals surface area contributed by atoms with E-state index in [4.69, 9.17) is 5.73 Å². The van der Waals surface area contributed by atoms with Crippen LogP contribution in [0.15, 0.2) is 18.2 Å². The maximum Gasteiger partial charge on any atom is 0.251 e. The van der Waals surface area contributed by atoms with Gasteiger partial charge in [-0.05, 0) is 43.9 Å². The minimum Gasteiger partial charge on any atom is -0.397 e. The monoisotopic (exact) mass is 263 g/mol. The first-order valence-corrected chi connectivity index (χ1v) is 6.96. The van der Waals surface area contributed by atoms with Crippen molar-refractivity contribution in [2.24, 2.45) is 5.92 Å². The van der Waals surface area contributed by atoms with Crippen LogP contribution in [-0.4, -0.2) is 19.0 Å². The zero-order valence-electron chi connectivity index (χ0n) is 12.1. The smallest absolute Gasteiger partial charge is 0.251 e. The number of carbonyl (C=O) groups is 1. The quantitative estimate of drug-likeness (QED) is 0.523. The molecule has 4 heteroatoms. The molecule has 0 fully saturated rings. The first-order chi connectivity index (χ1) is 9.04.